The van der Waals surface area contributed by atoms with Crippen LogP contribution in [0, 0.1) is 0 Å². The van der Waals surface area contributed by atoms with Crippen LogP contribution >= 0.6 is 0 Å². The largest absolute Gasteiger partial charge is 0.343 e. The number of carbonyl (C=O) groups is 3. The summed E-state index contributed by atoms with van der Waals surface area (Å²) in [6.07, 6.45) is 0. The molecule has 0 atom stereocenters. The zero-order valence-corrected chi connectivity index (χ0v) is 10.4. The van der Waals surface area contributed by atoms with Gasteiger partial charge in [-0.05, 0) is 24.3 Å². The Bertz CT molecular complexity index is 623. The second-order valence-electron chi connectivity index (χ2n) is 4.23. The maximum absolute atomic E-state index is 12.3. The van der Waals surface area contributed by atoms with E-state index in [1.54, 1.807) is 60.7 Å². The van der Waals surface area contributed by atoms with Crippen LogP contribution in [0.25, 0.3) is 0 Å². The van der Waals surface area contributed by atoms with E-state index in [0.29, 0.717) is 11.4 Å². The Balaban J connectivity index is 2.03. The predicted molar refractivity (Wildman–Crippen MR) is 73.3 cm³/mol. The summed E-state index contributed by atoms with van der Waals surface area (Å²) in [4.78, 5) is 38.1. The molecule has 0 radical (unpaired) electrons. The van der Waals surface area contributed by atoms with Crippen LogP contribution in [0.2, 0.25) is 0 Å². The Hall–Kier alpha value is -2.95. The van der Waals surface area contributed by atoms with Crippen LogP contribution in [0.4, 0.5) is 16.2 Å². The molecule has 0 unspecified atom stereocenters. The van der Waals surface area contributed by atoms with E-state index in [9.17, 15) is 14.4 Å². The van der Waals surface area contributed by atoms with Crippen molar-refractivity contribution in [1.82, 2.24) is 0 Å². The zero-order chi connectivity index (χ0) is 14.1. The lowest BCUT2D eigenvalue weighted by Crippen LogP contribution is -2.33. The molecule has 1 fully saturated rings. The molecule has 3 rings (SSSR count). The Morgan fingerprint density at radius 1 is 0.550 bits per heavy atom. The van der Waals surface area contributed by atoms with Gasteiger partial charge in [-0.1, -0.05) is 36.4 Å². The van der Waals surface area contributed by atoms with Gasteiger partial charge in [-0.15, -0.1) is 0 Å². The Morgan fingerprint density at radius 2 is 0.900 bits per heavy atom. The first-order chi connectivity index (χ1) is 9.70. The molecule has 5 nitrogen and oxygen atoms in total. The molecule has 0 aromatic heterocycles. The molecule has 4 amide bonds. The molecule has 1 aliphatic heterocycles. The first-order valence-corrected chi connectivity index (χ1v) is 6.03. The third-order valence-electron chi connectivity index (χ3n) is 3.00. The van der Waals surface area contributed by atoms with E-state index in [1.807, 2.05) is 0 Å². The van der Waals surface area contributed by atoms with Crippen LogP contribution in [-0.4, -0.2) is 17.8 Å². The Morgan fingerprint density at radius 3 is 1.25 bits per heavy atom. The molecule has 1 aliphatic rings. The van der Waals surface area contributed by atoms with Crippen LogP contribution in [0.15, 0.2) is 60.7 Å². The van der Waals surface area contributed by atoms with E-state index in [2.05, 4.69) is 0 Å². The highest BCUT2D eigenvalue weighted by Crippen LogP contribution is 2.26. The number of benzene rings is 2. The first kappa shape index (κ1) is 12.1. The molecular formula is C15H10N2O3. The average molecular weight is 266 g/mol. The van der Waals surface area contributed by atoms with Crippen LogP contribution in [-0.2, 0) is 9.59 Å². The molecule has 98 valence electrons. The Kier molecular flexibility index (Phi) is 2.80. The van der Waals surface area contributed by atoms with E-state index in [4.69, 9.17) is 0 Å². The van der Waals surface area contributed by atoms with E-state index < -0.39 is 17.8 Å². The van der Waals surface area contributed by atoms with Gasteiger partial charge >= 0.3 is 17.8 Å². The topological polar surface area (TPSA) is 57.7 Å². The van der Waals surface area contributed by atoms with Gasteiger partial charge in [0.25, 0.3) is 0 Å². The zero-order valence-electron chi connectivity index (χ0n) is 10.4. The number of amides is 4. The third kappa shape index (κ3) is 1.76. The van der Waals surface area contributed by atoms with Crippen LogP contribution < -0.4 is 9.80 Å². The molecule has 1 saturated heterocycles. The number of hydrogen-bond donors (Lipinski definition) is 0. The maximum atomic E-state index is 12.3. The van der Waals surface area contributed by atoms with Gasteiger partial charge in [0.05, 0.1) is 11.4 Å². The molecule has 2 aromatic rings. The first-order valence-electron chi connectivity index (χ1n) is 6.03. The van der Waals surface area contributed by atoms with Crippen molar-refractivity contribution in [2.24, 2.45) is 0 Å². The fraction of sp³-hybridized carbons (Fsp3) is 0. The predicted octanol–water partition coefficient (Wildman–Crippen LogP) is 2.19. The summed E-state index contributed by atoms with van der Waals surface area (Å²) in [5.41, 5.74) is 0.767. The van der Waals surface area contributed by atoms with E-state index in [1.165, 1.54) is 0 Å². The lowest BCUT2D eigenvalue weighted by Gasteiger charge is -2.15. The number of rotatable bonds is 2. The molecule has 0 aliphatic carbocycles. The number of carbonyl (C=O) groups excluding carboxylic acids is 3. The number of anilines is 2. The number of urea groups is 1. The third-order valence-corrected chi connectivity index (χ3v) is 3.00. The summed E-state index contributed by atoms with van der Waals surface area (Å²) in [5.74, 6) is -1.69. The van der Waals surface area contributed by atoms with Crippen molar-refractivity contribution in [3.63, 3.8) is 0 Å². The molecule has 1 heterocycles. The second kappa shape index (κ2) is 4.62. The van der Waals surface area contributed by atoms with Gasteiger partial charge in [0, 0.05) is 0 Å². The summed E-state index contributed by atoms with van der Waals surface area (Å²) >= 11 is 0. The summed E-state index contributed by atoms with van der Waals surface area (Å²) in [6.45, 7) is 0. The van der Waals surface area contributed by atoms with Crippen LogP contribution in [0.3, 0.4) is 0 Å². The maximum Gasteiger partial charge on any atom is 0.343 e. The van der Waals surface area contributed by atoms with Crippen molar-refractivity contribution in [3.8, 4) is 0 Å². The second-order valence-corrected chi connectivity index (χ2v) is 4.23. The summed E-state index contributed by atoms with van der Waals surface area (Å²) in [6, 6.07) is 16.1. The van der Waals surface area contributed by atoms with Gasteiger partial charge in [-0.25, -0.2) is 14.6 Å². The van der Waals surface area contributed by atoms with E-state index in [-0.39, 0.29) is 0 Å². The van der Waals surface area contributed by atoms with Gasteiger partial charge in [-0.3, -0.25) is 9.59 Å². The molecule has 2 aromatic carbocycles. The van der Waals surface area contributed by atoms with Gasteiger partial charge in [-0.2, -0.15) is 0 Å². The summed E-state index contributed by atoms with van der Waals surface area (Å²) in [5, 5.41) is 0. The molecule has 0 spiro atoms. The molecule has 0 bridgehead atoms. The highest BCUT2D eigenvalue weighted by molar-refractivity contribution is 6.60. The van der Waals surface area contributed by atoms with Crippen molar-refractivity contribution in [3.05, 3.63) is 60.7 Å². The fourth-order valence-electron chi connectivity index (χ4n) is 2.07. The number of hydrogen-bond acceptors (Lipinski definition) is 3. The van der Waals surface area contributed by atoms with Crippen molar-refractivity contribution in [1.29, 1.82) is 0 Å². The highest BCUT2D eigenvalue weighted by Gasteiger charge is 2.46. The minimum atomic E-state index is -0.843. The highest BCUT2D eigenvalue weighted by atomic mass is 16.2. The van der Waals surface area contributed by atoms with Gasteiger partial charge < -0.3 is 0 Å². The molecular weight excluding hydrogens is 256 g/mol. The van der Waals surface area contributed by atoms with Crippen LogP contribution in [0.1, 0.15) is 0 Å². The molecule has 0 N–H and O–H groups in total. The lowest BCUT2D eigenvalue weighted by atomic mass is 10.3. The van der Waals surface area contributed by atoms with Gasteiger partial charge in [0.1, 0.15) is 0 Å². The van der Waals surface area contributed by atoms with Crippen molar-refractivity contribution in [2.45, 2.75) is 0 Å². The smallest absolute Gasteiger partial charge is 0.262 e. The molecule has 20 heavy (non-hydrogen) atoms. The quantitative estimate of drug-likeness (QED) is 0.618. The minimum absolute atomic E-state index is 0.384. The summed E-state index contributed by atoms with van der Waals surface area (Å²) < 4.78 is 0. The minimum Gasteiger partial charge on any atom is -0.262 e. The van der Waals surface area contributed by atoms with Crippen molar-refractivity contribution in [2.75, 3.05) is 9.80 Å². The molecule has 0 saturated carbocycles. The number of para-hydroxylation sites is 2. The van der Waals surface area contributed by atoms with Gasteiger partial charge in [0.15, 0.2) is 0 Å². The summed E-state index contributed by atoms with van der Waals surface area (Å²) in [7, 11) is 0. The van der Waals surface area contributed by atoms with Crippen LogP contribution in [0.5, 0.6) is 0 Å². The lowest BCUT2D eigenvalue weighted by molar-refractivity contribution is -0.133. The normalized spacial score (nSPS) is 15.1. The van der Waals surface area contributed by atoms with Crippen molar-refractivity contribution < 1.29 is 14.4 Å². The SMILES string of the molecule is O=C1C(=O)N(c2ccccc2)C(=O)N1c1ccccc1. The average Bonchev–Trinajstić information content (AvgIpc) is 2.71. The fourth-order valence-corrected chi connectivity index (χ4v) is 2.07. The number of nitrogens with zero attached hydrogens (tertiary/aromatic N) is 2. The monoisotopic (exact) mass is 266 g/mol. The molecule has 5 heteroatoms. The number of imide groups is 2. The van der Waals surface area contributed by atoms with Gasteiger partial charge in [0.2, 0.25) is 0 Å². The van der Waals surface area contributed by atoms with E-state index >= 15 is 0 Å². The van der Waals surface area contributed by atoms with Crippen molar-refractivity contribution >= 4 is 29.2 Å². The standard InChI is InChI=1S/C15H10N2O3/c18-13-14(19)17(12-9-5-2-6-10-12)15(20)16(13)11-7-3-1-4-8-11/h1-10H. The Labute approximate surface area is 115 Å². The van der Waals surface area contributed by atoms with E-state index in [0.717, 1.165) is 9.80 Å².